The molecule has 0 heterocycles. The highest BCUT2D eigenvalue weighted by Crippen LogP contribution is 2.14. The predicted octanol–water partition coefficient (Wildman–Crippen LogP) is 23.2. The molecule has 83 heavy (non-hydrogen) atoms. The van der Waals surface area contributed by atoms with E-state index in [-0.39, 0.29) is 37.5 Å². The molecule has 6 heteroatoms. The highest BCUT2D eigenvalue weighted by atomic mass is 16.6. The van der Waals surface area contributed by atoms with Crippen molar-refractivity contribution in [1.29, 1.82) is 0 Å². The van der Waals surface area contributed by atoms with Crippen LogP contribution in [0.4, 0.5) is 0 Å². The smallest absolute Gasteiger partial charge is 0.306 e. The second-order valence-electron chi connectivity index (χ2n) is 21.3. The average molecular weight is 1140 g/mol. The summed E-state index contributed by atoms with van der Waals surface area (Å²) in [7, 11) is 0. The monoisotopic (exact) mass is 1140 g/mol. The Morgan fingerprint density at radius 2 is 0.482 bits per heavy atom. The Kier molecular flexibility index (Phi) is 64.4. The Bertz CT molecular complexity index is 1940. The van der Waals surface area contributed by atoms with E-state index in [9.17, 15) is 14.4 Å². The third-order valence-electron chi connectivity index (χ3n) is 13.4. The Balaban J connectivity index is 4.51. The summed E-state index contributed by atoms with van der Waals surface area (Å²) >= 11 is 0. The van der Waals surface area contributed by atoms with Gasteiger partial charge in [0.05, 0.1) is 0 Å². The van der Waals surface area contributed by atoms with Crippen LogP contribution in [0.3, 0.4) is 0 Å². The molecule has 0 aromatic carbocycles. The zero-order valence-corrected chi connectivity index (χ0v) is 53.1. The molecule has 0 amide bonds. The largest absolute Gasteiger partial charge is 0.462 e. The average Bonchev–Trinajstić information content (AvgIpc) is 3.49. The Morgan fingerprint density at radius 3 is 0.783 bits per heavy atom. The number of ether oxygens (including phenoxy) is 3. The van der Waals surface area contributed by atoms with E-state index in [1.54, 1.807) is 0 Å². The van der Waals surface area contributed by atoms with Gasteiger partial charge in [-0.15, -0.1) is 0 Å². The van der Waals surface area contributed by atoms with Crippen LogP contribution in [0.5, 0.6) is 0 Å². The summed E-state index contributed by atoms with van der Waals surface area (Å²) in [6, 6.07) is 0. The van der Waals surface area contributed by atoms with E-state index in [1.165, 1.54) is 70.6 Å². The summed E-state index contributed by atoms with van der Waals surface area (Å²) in [5.74, 6) is -1.01. The molecule has 0 radical (unpaired) electrons. The Labute approximate surface area is 510 Å². The second-order valence-corrected chi connectivity index (χ2v) is 21.3. The van der Waals surface area contributed by atoms with Crippen molar-refractivity contribution in [2.24, 2.45) is 0 Å². The highest BCUT2D eigenvalue weighted by molar-refractivity contribution is 5.71. The molecule has 0 aliphatic carbocycles. The number of hydrogen-bond acceptors (Lipinski definition) is 6. The lowest BCUT2D eigenvalue weighted by Crippen LogP contribution is -2.30. The molecular weight excluding hydrogens is 1020 g/mol. The van der Waals surface area contributed by atoms with Crippen LogP contribution in [0.2, 0.25) is 0 Å². The number of unbranched alkanes of at least 4 members (excludes halogenated alkanes) is 17. The third kappa shape index (κ3) is 67.2. The van der Waals surface area contributed by atoms with Gasteiger partial charge in [0, 0.05) is 19.3 Å². The first-order valence-corrected chi connectivity index (χ1v) is 33.3. The molecule has 1 atom stereocenters. The van der Waals surface area contributed by atoms with Crippen molar-refractivity contribution in [3.8, 4) is 0 Å². The van der Waals surface area contributed by atoms with E-state index in [4.69, 9.17) is 14.2 Å². The van der Waals surface area contributed by atoms with Crippen LogP contribution in [0.25, 0.3) is 0 Å². The van der Waals surface area contributed by atoms with Crippen LogP contribution in [0.15, 0.2) is 182 Å². The fourth-order valence-corrected chi connectivity index (χ4v) is 8.46. The third-order valence-corrected chi connectivity index (χ3v) is 13.4. The minimum Gasteiger partial charge on any atom is -0.462 e. The maximum Gasteiger partial charge on any atom is 0.306 e. The van der Waals surface area contributed by atoms with Crippen LogP contribution < -0.4 is 0 Å². The van der Waals surface area contributed by atoms with Gasteiger partial charge in [-0.2, -0.15) is 0 Å². The fraction of sp³-hybridized carbons (Fsp3) is 0.571. The first kappa shape index (κ1) is 77.5. The summed E-state index contributed by atoms with van der Waals surface area (Å²) < 4.78 is 16.9. The van der Waals surface area contributed by atoms with E-state index in [2.05, 4.69) is 203 Å². The van der Waals surface area contributed by atoms with Crippen molar-refractivity contribution in [2.45, 2.75) is 271 Å². The molecule has 1 unspecified atom stereocenters. The first-order chi connectivity index (χ1) is 41.0. The summed E-state index contributed by atoms with van der Waals surface area (Å²) in [5, 5.41) is 0. The van der Waals surface area contributed by atoms with Crippen molar-refractivity contribution < 1.29 is 28.6 Å². The number of carbonyl (C=O) groups is 3. The molecule has 0 aromatic rings. The van der Waals surface area contributed by atoms with E-state index in [0.717, 1.165) is 148 Å². The van der Waals surface area contributed by atoms with E-state index in [0.29, 0.717) is 19.3 Å². The molecule has 0 aliphatic rings. The number of esters is 3. The minimum absolute atomic E-state index is 0.120. The van der Waals surface area contributed by atoms with Gasteiger partial charge >= 0.3 is 17.9 Å². The molecule has 6 nitrogen and oxygen atoms in total. The quantitative estimate of drug-likeness (QED) is 0.0261. The van der Waals surface area contributed by atoms with Gasteiger partial charge in [-0.05, 0) is 154 Å². The zero-order valence-electron chi connectivity index (χ0n) is 53.1. The lowest BCUT2D eigenvalue weighted by Gasteiger charge is -2.18. The maximum atomic E-state index is 12.9. The fourth-order valence-electron chi connectivity index (χ4n) is 8.46. The lowest BCUT2D eigenvalue weighted by atomic mass is 10.1. The van der Waals surface area contributed by atoms with E-state index in [1.807, 2.05) is 0 Å². The van der Waals surface area contributed by atoms with E-state index >= 15 is 0 Å². The van der Waals surface area contributed by atoms with Crippen molar-refractivity contribution in [3.63, 3.8) is 0 Å². The lowest BCUT2D eigenvalue weighted by molar-refractivity contribution is -0.167. The van der Waals surface area contributed by atoms with Crippen LogP contribution >= 0.6 is 0 Å². The van der Waals surface area contributed by atoms with Gasteiger partial charge < -0.3 is 14.2 Å². The zero-order chi connectivity index (χ0) is 59.9. The van der Waals surface area contributed by atoms with Gasteiger partial charge in [-0.1, -0.05) is 274 Å². The summed E-state index contributed by atoms with van der Waals surface area (Å²) in [6.07, 6.45) is 103. The van der Waals surface area contributed by atoms with Crippen molar-refractivity contribution in [1.82, 2.24) is 0 Å². The SMILES string of the molecule is CC/C=C\C/C=C\C/C=C\C/C=C\C/C=C\C/C=C\C/C=C\C/C=C\CCCCCCC(=O)OCC(COC(=O)CCC/C=C\C/C=C\C/C=C\C/C=C\C/C=C\CC)OC(=O)CCCCCCCCCCC/C=C\C/C=C\CCCCC. The molecule has 0 saturated heterocycles. The van der Waals surface area contributed by atoms with Crippen LogP contribution in [0, 0.1) is 0 Å². The van der Waals surface area contributed by atoms with Gasteiger partial charge in [0.25, 0.3) is 0 Å². The normalized spacial score (nSPS) is 13.3. The van der Waals surface area contributed by atoms with Gasteiger partial charge in [-0.3, -0.25) is 14.4 Å². The van der Waals surface area contributed by atoms with Crippen LogP contribution in [-0.2, 0) is 28.6 Å². The Hall–Kier alpha value is -5.49. The molecule has 464 valence electrons. The maximum absolute atomic E-state index is 12.9. The highest BCUT2D eigenvalue weighted by Gasteiger charge is 2.19. The molecule has 0 fully saturated rings. The number of allylic oxidation sites excluding steroid dienone is 30. The molecule has 0 aromatic heterocycles. The first-order valence-electron chi connectivity index (χ1n) is 33.3. The molecule has 0 bridgehead atoms. The molecule has 0 rings (SSSR count). The number of hydrogen-bond donors (Lipinski definition) is 0. The van der Waals surface area contributed by atoms with Crippen molar-refractivity contribution in [2.75, 3.05) is 13.2 Å². The second kappa shape index (κ2) is 69.0. The van der Waals surface area contributed by atoms with E-state index < -0.39 is 6.10 Å². The van der Waals surface area contributed by atoms with Gasteiger partial charge in [0.1, 0.15) is 13.2 Å². The van der Waals surface area contributed by atoms with Gasteiger partial charge in [0.2, 0.25) is 0 Å². The van der Waals surface area contributed by atoms with Gasteiger partial charge in [-0.25, -0.2) is 0 Å². The minimum atomic E-state index is -0.827. The summed E-state index contributed by atoms with van der Waals surface area (Å²) in [6.45, 7) is 6.31. The van der Waals surface area contributed by atoms with Crippen molar-refractivity contribution in [3.05, 3.63) is 182 Å². The van der Waals surface area contributed by atoms with Gasteiger partial charge in [0.15, 0.2) is 6.10 Å². The number of rotatable bonds is 58. The van der Waals surface area contributed by atoms with Crippen LogP contribution in [0.1, 0.15) is 265 Å². The topological polar surface area (TPSA) is 78.9 Å². The summed E-state index contributed by atoms with van der Waals surface area (Å²) in [4.78, 5) is 38.4. The molecule has 0 N–H and O–H groups in total. The number of carbonyl (C=O) groups excluding carboxylic acids is 3. The van der Waals surface area contributed by atoms with Crippen LogP contribution in [-0.4, -0.2) is 37.2 Å². The predicted molar refractivity (Wildman–Crippen MR) is 361 cm³/mol. The summed E-state index contributed by atoms with van der Waals surface area (Å²) in [5.41, 5.74) is 0. The Morgan fingerprint density at radius 1 is 0.253 bits per heavy atom. The molecular formula is C77H120O6. The standard InChI is InChI=1S/C77H120O6/c1-4-7-10-13-16-19-22-25-28-31-33-34-35-36-37-38-39-40-41-42-44-46-49-52-55-58-61-64-67-70-76(79)82-73-74(72-81-75(78)69-66-63-60-57-54-51-48-45-30-27-24-21-18-15-12-9-6-3)83-77(80)71-68-65-62-59-56-53-50-47-43-32-29-26-23-20-17-14-11-8-5-2/h7,9-10,12,16-21,25-30,33-34,36-37,39-40,42,44,48-49,51-52,57,60,74H,4-6,8,11,13-15,22-24,31-32,35,38,41,43,45-47,50,53-56,58-59,61-73H2,1-3H3/b10-7-,12-9-,19-16-,20-17-,21-18-,28-25-,29-26-,30-27-,34-33-,37-36-,40-39-,44-42-,51-48-,52-49-,60-57-. The molecule has 0 aliphatic heterocycles. The molecule has 0 saturated carbocycles. The molecule has 0 spiro atoms. The van der Waals surface area contributed by atoms with Crippen molar-refractivity contribution >= 4 is 17.9 Å².